The Balaban J connectivity index is 1.59. The van der Waals surface area contributed by atoms with Crippen molar-refractivity contribution in [3.63, 3.8) is 0 Å². The van der Waals surface area contributed by atoms with Crippen LogP contribution in [0.3, 0.4) is 0 Å². The summed E-state index contributed by atoms with van der Waals surface area (Å²) in [5.41, 5.74) is 0.861. The number of carbonyl (C=O) groups is 5. The van der Waals surface area contributed by atoms with Crippen molar-refractivity contribution in [2.75, 3.05) is 0 Å². The minimum Gasteiger partial charge on any atom is -0.481 e. The van der Waals surface area contributed by atoms with Gasteiger partial charge >= 0.3 is 23.9 Å². The van der Waals surface area contributed by atoms with Crippen LogP contribution in [0, 0.1) is 23.7 Å². The van der Waals surface area contributed by atoms with E-state index < -0.39 is 65.6 Å². The highest BCUT2D eigenvalue weighted by Gasteiger charge is 2.64. The molecule has 3 aromatic rings. The molecule has 1 amide bonds. The standard InChI is InChI=1S/C29H25Cl2NO9/c1-13(32-25(33)21-22(26(34)35)24(28(38)39)23(21)27(36)37)20(11-14-6-9-18(30)19(31)10-14)41-29(40)17-8-7-15-4-2-3-5-16(15)12-17/h2-10,12-13,20-24H,11H2,1H3,(H,32,33)(H,34,35)(H,36,37)(H,38,39)/t13-,20+,21-,22-,23-,24-/m0/s1. The van der Waals surface area contributed by atoms with E-state index in [9.17, 15) is 39.3 Å². The van der Waals surface area contributed by atoms with Gasteiger partial charge in [-0.2, -0.15) is 0 Å². The Morgan fingerprint density at radius 2 is 1.37 bits per heavy atom. The molecule has 4 atom stereocenters. The summed E-state index contributed by atoms with van der Waals surface area (Å²) in [6.07, 6.45) is -0.956. The van der Waals surface area contributed by atoms with Gasteiger partial charge < -0.3 is 25.4 Å². The van der Waals surface area contributed by atoms with E-state index in [1.807, 2.05) is 24.3 Å². The monoisotopic (exact) mass is 601 g/mol. The van der Waals surface area contributed by atoms with Crippen LogP contribution in [0.2, 0.25) is 10.0 Å². The molecular formula is C29H25Cl2NO9. The summed E-state index contributed by atoms with van der Waals surface area (Å²) >= 11 is 12.2. The summed E-state index contributed by atoms with van der Waals surface area (Å²) < 4.78 is 5.81. The molecule has 214 valence electrons. The summed E-state index contributed by atoms with van der Waals surface area (Å²) in [6, 6.07) is 16.3. The van der Waals surface area contributed by atoms with Gasteiger partial charge in [-0.25, -0.2) is 4.79 Å². The fourth-order valence-corrected chi connectivity index (χ4v) is 5.47. The summed E-state index contributed by atoms with van der Waals surface area (Å²) in [6.45, 7) is 1.51. The maximum absolute atomic E-state index is 13.2. The number of esters is 1. The van der Waals surface area contributed by atoms with Gasteiger partial charge in [0.05, 0.1) is 45.3 Å². The number of carboxylic acid groups (broad SMARTS) is 3. The second kappa shape index (κ2) is 12.2. The molecular weight excluding hydrogens is 577 g/mol. The molecule has 4 rings (SSSR count). The Morgan fingerprint density at radius 3 is 1.95 bits per heavy atom. The highest BCUT2D eigenvalue weighted by Crippen LogP contribution is 2.47. The van der Waals surface area contributed by atoms with E-state index in [0.717, 1.165) is 10.8 Å². The zero-order valence-corrected chi connectivity index (χ0v) is 23.0. The van der Waals surface area contributed by atoms with Crippen molar-refractivity contribution in [1.29, 1.82) is 0 Å². The lowest BCUT2D eigenvalue weighted by molar-refractivity contribution is -0.187. The normalized spacial score (nSPS) is 21.2. The first-order chi connectivity index (χ1) is 19.4. The molecule has 0 radical (unpaired) electrons. The quantitative estimate of drug-likeness (QED) is 0.249. The van der Waals surface area contributed by atoms with Crippen molar-refractivity contribution in [3.8, 4) is 0 Å². The van der Waals surface area contributed by atoms with Crippen LogP contribution in [0.15, 0.2) is 60.7 Å². The van der Waals surface area contributed by atoms with E-state index in [2.05, 4.69) is 5.32 Å². The Bertz CT molecular complexity index is 1520. The molecule has 0 saturated heterocycles. The van der Waals surface area contributed by atoms with E-state index >= 15 is 0 Å². The molecule has 1 aliphatic rings. The molecule has 10 nitrogen and oxygen atoms in total. The van der Waals surface area contributed by atoms with Crippen LogP contribution in [-0.2, 0) is 30.3 Å². The van der Waals surface area contributed by atoms with Gasteiger partial charge in [0.25, 0.3) is 0 Å². The molecule has 1 aliphatic carbocycles. The highest BCUT2D eigenvalue weighted by atomic mass is 35.5. The molecule has 3 aromatic carbocycles. The first kappa shape index (κ1) is 29.8. The third kappa shape index (κ3) is 6.28. The number of halogens is 2. The first-order valence-corrected chi connectivity index (χ1v) is 13.3. The minimum absolute atomic E-state index is 0.0603. The van der Waals surface area contributed by atoms with Gasteiger partial charge in [0.1, 0.15) is 6.10 Å². The number of benzene rings is 3. The number of aliphatic carboxylic acids is 3. The number of carbonyl (C=O) groups excluding carboxylic acids is 2. The average Bonchev–Trinajstić information content (AvgIpc) is 2.88. The summed E-state index contributed by atoms with van der Waals surface area (Å²) in [7, 11) is 0. The Kier molecular flexibility index (Phi) is 8.84. The molecule has 4 N–H and O–H groups in total. The molecule has 0 bridgehead atoms. The average molecular weight is 602 g/mol. The zero-order valence-electron chi connectivity index (χ0n) is 21.5. The van der Waals surface area contributed by atoms with Crippen LogP contribution in [0.4, 0.5) is 0 Å². The molecule has 41 heavy (non-hydrogen) atoms. The fourth-order valence-electron chi connectivity index (χ4n) is 5.15. The zero-order chi connectivity index (χ0) is 30.0. The lowest BCUT2D eigenvalue weighted by atomic mass is 9.56. The van der Waals surface area contributed by atoms with E-state index in [1.165, 1.54) is 6.92 Å². The molecule has 0 heterocycles. The van der Waals surface area contributed by atoms with E-state index in [4.69, 9.17) is 27.9 Å². The predicted molar refractivity (Wildman–Crippen MR) is 148 cm³/mol. The second-order valence-corrected chi connectivity index (χ2v) is 10.7. The lowest BCUT2D eigenvalue weighted by Gasteiger charge is -2.44. The smallest absolute Gasteiger partial charge is 0.338 e. The van der Waals surface area contributed by atoms with Gasteiger partial charge in [0, 0.05) is 6.42 Å². The molecule has 1 saturated carbocycles. The van der Waals surface area contributed by atoms with Gasteiger partial charge in [-0.3, -0.25) is 19.2 Å². The predicted octanol–water partition coefficient (Wildman–Crippen LogP) is 4.15. The molecule has 0 spiro atoms. The number of rotatable bonds is 10. The minimum atomic E-state index is -1.77. The highest BCUT2D eigenvalue weighted by molar-refractivity contribution is 6.42. The number of nitrogens with one attached hydrogen (secondary N) is 1. The number of ether oxygens (including phenoxy) is 1. The van der Waals surface area contributed by atoms with Crippen LogP contribution >= 0.6 is 23.2 Å². The van der Waals surface area contributed by atoms with E-state index in [1.54, 1.807) is 36.4 Å². The summed E-state index contributed by atoms with van der Waals surface area (Å²) in [5, 5.41) is 33.3. The van der Waals surface area contributed by atoms with Gasteiger partial charge in [-0.05, 0) is 47.5 Å². The molecule has 1 fully saturated rings. The van der Waals surface area contributed by atoms with Gasteiger partial charge in [0.15, 0.2) is 0 Å². The topological polar surface area (TPSA) is 167 Å². The number of hydrogen-bond acceptors (Lipinski definition) is 6. The third-order valence-electron chi connectivity index (χ3n) is 7.30. The van der Waals surface area contributed by atoms with Crippen LogP contribution in [-0.4, -0.2) is 57.2 Å². The molecule has 0 aromatic heterocycles. The summed E-state index contributed by atoms with van der Waals surface area (Å²) in [5.74, 6) is -13.4. The van der Waals surface area contributed by atoms with Gasteiger partial charge in [-0.15, -0.1) is 0 Å². The van der Waals surface area contributed by atoms with Crippen LogP contribution in [0.25, 0.3) is 10.8 Å². The van der Waals surface area contributed by atoms with Gasteiger partial charge in [0.2, 0.25) is 5.91 Å². The number of amides is 1. The second-order valence-electron chi connectivity index (χ2n) is 9.87. The largest absolute Gasteiger partial charge is 0.481 e. The Morgan fingerprint density at radius 1 is 0.780 bits per heavy atom. The molecule has 12 heteroatoms. The number of carboxylic acids is 3. The van der Waals surface area contributed by atoms with Crippen molar-refractivity contribution in [2.24, 2.45) is 23.7 Å². The van der Waals surface area contributed by atoms with Crippen molar-refractivity contribution in [2.45, 2.75) is 25.5 Å². The van der Waals surface area contributed by atoms with E-state index in [0.29, 0.717) is 10.6 Å². The maximum atomic E-state index is 13.2. The van der Waals surface area contributed by atoms with Crippen molar-refractivity contribution in [1.82, 2.24) is 5.32 Å². The van der Waals surface area contributed by atoms with E-state index in [-0.39, 0.29) is 17.0 Å². The summed E-state index contributed by atoms with van der Waals surface area (Å²) in [4.78, 5) is 61.5. The van der Waals surface area contributed by atoms with Crippen LogP contribution in [0.5, 0.6) is 0 Å². The first-order valence-electron chi connectivity index (χ1n) is 12.5. The third-order valence-corrected chi connectivity index (χ3v) is 8.04. The molecule has 0 aliphatic heterocycles. The number of hydrogen-bond donors (Lipinski definition) is 4. The number of fused-ring (bicyclic) bond motifs is 1. The van der Waals surface area contributed by atoms with Crippen LogP contribution < -0.4 is 5.32 Å². The molecule has 0 unspecified atom stereocenters. The van der Waals surface area contributed by atoms with Crippen LogP contribution in [0.1, 0.15) is 22.8 Å². The Hall–Kier alpha value is -4.15. The fraction of sp³-hybridized carbons (Fsp3) is 0.276. The van der Waals surface area contributed by atoms with Crippen molar-refractivity contribution >= 4 is 63.8 Å². The maximum Gasteiger partial charge on any atom is 0.338 e. The van der Waals surface area contributed by atoms with Gasteiger partial charge in [-0.1, -0.05) is 59.6 Å². The van der Waals surface area contributed by atoms with Crippen molar-refractivity contribution in [3.05, 3.63) is 81.8 Å². The van der Waals surface area contributed by atoms with Crippen molar-refractivity contribution < 1.29 is 44.0 Å². The SMILES string of the molecule is C[C@H](NC(=O)[C@H]1[C@H](C(=O)O)[C@H](C(=O)O)[C@H]1C(=O)O)[C@@H](Cc1ccc(Cl)c(Cl)c1)OC(=O)c1ccc2ccccc2c1. The lowest BCUT2D eigenvalue weighted by Crippen LogP contribution is -2.63. The Labute approximate surface area is 243 Å².